The minimum absolute atomic E-state index is 0.392. The number of pyridine rings is 1. The van der Waals surface area contributed by atoms with E-state index < -0.39 is 0 Å². The Hall–Kier alpha value is -1.68. The van der Waals surface area contributed by atoms with Crippen LogP contribution in [0.3, 0.4) is 0 Å². The summed E-state index contributed by atoms with van der Waals surface area (Å²) < 4.78 is 1.73. The minimum atomic E-state index is 0.392. The highest BCUT2D eigenvalue weighted by Gasteiger charge is 2.04. The average Bonchev–Trinajstić information content (AvgIpc) is 2.69. The van der Waals surface area contributed by atoms with Crippen molar-refractivity contribution in [3.63, 3.8) is 0 Å². The van der Waals surface area contributed by atoms with Crippen molar-refractivity contribution in [1.29, 1.82) is 0 Å². The van der Waals surface area contributed by atoms with Gasteiger partial charge < -0.3 is 4.57 Å². The number of hydrogen-bond donors (Lipinski definition) is 0. The second-order valence-corrected chi connectivity index (χ2v) is 3.41. The van der Waals surface area contributed by atoms with Gasteiger partial charge in [-0.05, 0) is 11.6 Å². The summed E-state index contributed by atoms with van der Waals surface area (Å²) in [6.07, 6.45) is 7.28. The molecule has 0 atom stereocenters. The van der Waals surface area contributed by atoms with Gasteiger partial charge >= 0.3 is 0 Å². The van der Waals surface area contributed by atoms with Crippen molar-refractivity contribution in [2.24, 2.45) is 0 Å². The molecule has 0 saturated heterocycles. The summed E-state index contributed by atoms with van der Waals surface area (Å²) >= 11 is 5.95. The number of hydrogen-bond acceptors (Lipinski definition) is 3. The van der Waals surface area contributed by atoms with Crippen molar-refractivity contribution in [1.82, 2.24) is 14.5 Å². The number of carbonyl (C=O) groups excluding carboxylic acids is 1. The Balaban J connectivity index is 2.29. The van der Waals surface area contributed by atoms with E-state index in [1.807, 2.05) is 6.07 Å². The van der Waals surface area contributed by atoms with Crippen LogP contribution in [0.4, 0.5) is 0 Å². The minimum Gasteiger partial charge on any atom is -0.324 e. The molecule has 2 aromatic heterocycles. The third kappa shape index (κ3) is 2.05. The van der Waals surface area contributed by atoms with Crippen LogP contribution in [-0.2, 0) is 6.54 Å². The van der Waals surface area contributed by atoms with Crippen molar-refractivity contribution in [2.75, 3.05) is 0 Å². The molecule has 0 fully saturated rings. The summed E-state index contributed by atoms with van der Waals surface area (Å²) in [6.45, 7) is 0.523. The summed E-state index contributed by atoms with van der Waals surface area (Å²) in [4.78, 5) is 18.4. The topological polar surface area (TPSA) is 47.8 Å². The first-order valence-electron chi connectivity index (χ1n) is 4.36. The fraction of sp³-hybridized carbons (Fsp3) is 0.100. The van der Waals surface area contributed by atoms with E-state index in [-0.39, 0.29) is 0 Å². The SMILES string of the molecule is O=Cc1nccn1Cc1ccncc1Cl. The molecule has 0 aliphatic carbocycles. The lowest BCUT2D eigenvalue weighted by molar-refractivity contribution is 0.111. The van der Waals surface area contributed by atoms with Gasteiger partial charge in [-0.3, -0.25) is 9.78 Å². The highest BCUT2D eigenvalue weighted by atomic mass is 35.5. The molecular formula is C10H8ClN3O. The second kappa shape index (κ2) is 4.23. The van der Waals surface area contributed by atoms with Crippen molar-refractivity contribution in [3.8, 4) is 0 Å². The lowest BCUT2D eigenvalue weighted by atomic mass is 10.2. The maximum absolute atomic E-state index is 10.6. The summed E-state index contributed by atoms with van der Waals surface area (Å²) in [6, 6.07) is 1.82. The molecule has 2 aromatic rings. The second-order valence-electron chi connectivity index (χ2n) is 3.00. The Kier molecular flexibility index (Phi) is 2.78. The first-order valence-corrected chi connectivity index (χ1v) is 4.74. The number of nitrogens with zero attached hydrogens (tertiary/aromatic N) is 3. The summed E-state index contributed by atoms with van der Waals surface area (Å²) in [7, 11) is 0. The first-order chi connectivity index (χ1) is 7.31. The molecule has 2 rings (SSSR count). The maximum atomic E-state index is 10.6. The number of rotatable bonds is 3. The van der Waals surface area contributed by atoms with Gasteiger partial charge in [0.1, 0.15) is 0 Å². The highest BCUT2D eigenvalue weighted by molar-refractivity contribution is 6.31. The molecule has 76 valence electrons. The monoisotopic (exact) mass is 221 g/mol. The van der Waals surface area contributed by atoms with E-state index in [2.05, 4.69) is 9.97 Å². The van der Waals surface area contributed by atoms with Crippen LogP contribution >= 0.6 is 11.6 Å². The summed E-state index contributed by atoms with van der Waals surface area (Å²) in [5.74, 6) is 0.392. The molecule has 15 heavy (non-hydrogen) atoms. The predicted octanol–water partition coefficient (Wildman–Crippen LogP) is 1.79. The van der Waals surface area contributed by atoms with E-state index in [1.54, 1.807) is 29.4 Å². The van der Waals surface area contributed by atoms with Crippen LogP contribution in [0.1, 0.15) is 16.2 Å². The first kappa shape index (κ1) is 9.86. The van der Waals surface area contributed by atoms with Crippen LogP contribution in [-0.4, -0.2) is 20.8 Å². The van der Waals surface area contributed by atoms with Gasteiger partial charge in [-0.1, -0.05) is 11.6 Å². The molecule has 4 nitrogen and oxygen atoms in total. The summed E-state index contributed by atoms with van der Waals surface area (Å²) in [5.41, 5.74) is 0.910. The van der Waals surface area contributed by atoms with Crippen molar-refractivity contribution < 1.29 is 4.79 Å². The lowest BCUT2D eigenvalue weighted by Gasteiger charge is -2.05. The fourth-order valence-corrected chi connectivity index (χ4v) is 1.47. The zero-order valence-electron chi connectivity index (χ0n) is 7.80. The van der Waals surface area contributed by atoms with Gasteiger partial charge in [-0.15, -0.1) is 0 Å². The smallest absolute Gasteiger partial charge is 0.185 e. The van der Waals surface area contributed by atoms with Crippen LogP contribution in [0, 0.1) is 0 Å². The zero-order chi connectivity index (χ0) is 10.7. The van der Waals surface area contributed by atoms with Crippen LogP contribution in [0.25, 0.3) is 0 Å². The molecule has 0 aliphatic heterocycles. The number of aromatic nitrogens is 3. The van der Waals surface area contributed by atoms with Crippen molar-refractivity contribution in [3.05, 3.63) is 47.3 Å². The fourth-order valence-electron chi connectivity index (χ4n) is 1.29. The molecule has 0 saturated carbocycles. The molecule has 0 amide bonds. The number of imidazole rings is 1. The van der Waals surface area contributed by atoms with Gasteiger partial charge in [0.05, 0.1) is 11.6 Å². The van der Waals surface area contributed by atoms with E-state index in [0.717, 1.165) is 11.8 Å². The van der Waals surface area contributed by atoms with Gasteiger partial charge in [0.2, 0.25) is 0 Å². The molecule has 0 aromatic carbocycles. The van der Waals surface area contributed by atoms with Gasteiger partial charge in [0, 0.05) is 24.8 Å². The zero-order valence-corrected chi connectivity index (χ0v) is 8.55. The Labute approximate surface area is 91.5 Å². The van der Waals surface area contributed by atoms with Gasteiger partial charge in [0.15, 0.2) is 12.1 Å². The van der Waals surface area contributed by atoms with Gasteiger partial charge in [-0.25, -0.2) is 4.98 Å². The van der Waals surface area contributed by atoms with Crippen molar-refractivity contribution >= 4 is 17.9 Å². The van der Waals surface area contributed by atoms with E-state index in [0.29, 0.717) is 17.4 Å². The Morgan fingerprint density at radius 2 is 2.33 bits per heavy atom. The summed E-state index contributed by atoms with van der Waals surface area (Å²) in [5, 5.41) is 0.586. The molecular weight excluding hydrogens is 214 g/mol. The number of halogens is 1. The average molecular weight is 222 g/mol. The van der Waals surface area contributed by atoms with Gasteiger partial charge in [-0.2, -0.15) is 0 Å². The van der Waals surface area contributed by atoms with Crippen molar-refractivity contribution in [2.45, 2.75) is 6.54 Å². The Bertz CT molecular complexity index is 481. The van der Waals surface area contributed by atoms with Crippen LogP contribution in [0.5, 0.6) is 0 Å². The molecule has 0 N–H and O–H groups in total. The largest absolute Gasteiger partial charge is 0.324 e. The number of aldehydes is 1. The van der Waals surface area contributed by atoms with E-state index in [1.165, 1.54) is 0 Å². The van der Waals surface area contributed by atoms with Gasteiger partial charge in [0.25, 0.3) is 0 Å². The Morgan fingerprint density at radius 1 is 1.47 bits per heavy atom. The normalized spacial score (nSPS) is 10.2. The van der Waals surface area contributed by atoms with Crippen LogP contribution in [0.2, 0.25) is 5.02 Å². The molecule has 0 spiro atoms. The molecule has 0 unspecified atom stereocenters. The third-order valence-corrected chi connectivity index (χ3v) is 2.39. The molecule has 0 aliphatic rings. The number of carbonyl (C=O) groups is 1. The van der Waals surface area contributed by atoms with Crippen LogP contribution in [0.15, 0.2) is 30.9 Å². The molecule has 0 radical (unpaired) electrons. The Morgan fingerprint density at radius 3 is 3.07 bits per heavy atom. The molecule has 5 heteroatoms. The van der Waals surface area contributed by atoms with E-state index >= 15 is 0 Å². The van der Waals surface area contributed by atoms with E-state index in [4.69, 9.17) is 11.6 Å². The molecule has 0 bridgehead atoms. The quantitative estimate of drug-likeness (QED) is 0.743. The van der Waals surface area contributed by atoms with E-state index in [9.17, 15) is 4.79 Å². The maximum Gasteiger partial charge on any atom is 0.185 e. The molecule has 2 heterocycles. The van der Waals surface area contributed by atoms with Crippen LogP contribution < -0.4 is 0 Å². The lowest BCUT2D eigenvalue weighted by Crippen LogP contribution is -2.03. The predicted molar refractivity (Wildman–Crippen MR) is 56.0 cm³/mol. The third-order valence-electron chi connectivity index (χ3n) is 2.05. The highest BCUT2D eigenvalue weighted by Crippen LogP contribution is 2.15. The standard InChI is InChI=1S/C10H8ClN3O/c11-9-5-12-2-1-8(9)6-14-4-3-13-10(14)7-15/h1-5,7H,6H2.